The summed E-state index contributed by atoms with van der Waals surface area (Å²) in [4.78, 5) is 9.63. The third kappa shape index (κ3) is 4.79. The number of aryl methyl sites for hydroxylation is 2. The van der Waals surface area contributed by atoms with Crippen LogP contribution in [0.1, 0.15) is 36.5 Å². The number of piperazine rings is 1. The molecule has 1 aromatic carbocycles. The number of rotatable bonds is 6. The summed E-state index contributed by atoms with van der Waals surface area (Å²) in [5.41, 5.74) is 3.32. The molecule has 0 atom stereocenters. The molecule has 1 fully saturated rings. The molecular formula is C22H30N4O2S. The van der Waals surface area contributed by atoms with Crippen molar-refractivity contribution in [1.82, 2.24) is 14.6 Å². The zero-order valence-electron chi connectivity index (χ0n) is 17.1. The Morgan fingerprint density at radius 1 is 1.00 bits per heavy atom. The number of nitrogens with zero attached hydrogens (tertiary/aromatic N) is 3. The molecule has 0 spiro atoms. The molecule has 156 valence electrons. The summed E-state index contributed by atoms with van der Waals surface area (Å²) in [5.74, 6) is 0.960. The van der Waals surface area contributed by atoms with E-state index < -0.39 is 10.0 Å². The number of nitrogens with one attached hydrogen (secondary N) is 1. The minimum Gasteiger partial charge on any atom is -0.354 e. The fourth-order valence-corrected chi connectivity index (χ4v) is 5.21. The molecule has 1 saturated heterocycles. The quantitative estimate of drug-likeness (QED) is 0.787. The van der Waals surface area contributed by atoms with Crippen molar-refractivity contribution in [2.45, 2.75) is 44.0 Å². The van der Waals surface area contributed by atoms with E-state index >= 15 is 0 Å². The molecule has 2 heterocycles. The zero-order chi connectivity index (χ0) is 20.3. The molecule has 2 aliphatic rings. The van der Waals surface area contributed by atoms with Gasteiger partial charge in [-0.3, -0.25) is 0 Å². The van der Waals surface area contributed by atoms with Gasteiger partial charge in [-0.15, -0.1) is 0 Å². The second kappa shape index (κ2) is 8.81. The summed E-state index contributed by atoms with van der Waals surface area (Å²) in [6, 6.07) is 9.49. The molecule has 6 nitrogen and oxygen atoms in total. The Morgan fingerprint density at radius 2 is 1.76 bits per heavy atom. The van der Waals surface area contributed by atoms with Gasteiger partial charge in [0.2, 0.25) is 10.0 Å². The summed E-state index contributed by atoms with van der Waals surface area (Å²) >= 11 is 0. The lowest BCUT2D eigenvalue weighted by molar-refractivity contribution is 0.270. The van der Waals surface area contributed by atoms with Crippen molar-refractivity contribution < 1.29 is 8.42 Å². The standard InChI is InChI=1S/C22H30N4O2S/c1-2-25-11-13-26(14-12-25)22-10-7-18(16-23-22)17-24-29(27,28)21-9-8-19-5-3-4-6-20(19)15-21/h7-10,15-16,24H,2-6,11-14,17H2,1H3. The van der Waals surface area contributed by atoms with Gasteiger partial charge in [0.1, 0.15) is 5.82 Å². The van der Waals surface area contributed by atoms with Gasteiger partial charge in [-0.2, -0.15) is 0 Å². The fourth-order valence-electron chi connectivity index (χ4n) is 4.14. The number of fused-ring (bicyclic) bond motifs is 1. The Bertz CT molecular complexity index is 936. The van der Waals surface area contributed by atoms with Gasteiger partial charge in [-0.25, -0.2) is 18.1 Å². The number of sulfonamides is 1. The van der Waals surface area contributed by atoms with Crippen LogP contribution >= 0.6 is 0 Å². The number of hydrogen-bond acceptors (Lipinski definition) is 5. The highest BCUT2D eigenvalue weighted by Gasteiger charge is 2.19. The van der Waals surface area contributed by atoms with Crippen LogP contribution in [0.3, 0.4) is 0 Å². The SMILES string of the molecule is CCN1CCN(c2ccc(CNS(=O)(=O)c3ccc4c(c3)CCCC4)cn2)CC1. The van der Waals surface area contributed by atoms with Crippen molar-refractivity contribution in [3.05, 3.63) is 53.2 Å². The van der Waals surface area contributed by atoms with Crippen molar-refractivity contribution in [3.8, 4) is 0 Å². The summed E-state index contributed by atoms with van der Waals surface area (Å²) in [6.45, 7) is 7.59. The third-order valence-corrected chi connectivity index (χ3v) is 7.45. The second-order valence-electron chi connectivity index (χ2n) is 7.91. The van der Waals surface area contributed by atoms with Gasteiger partial charge in [0.15, 0.2) is 0 Å². The van der Waals surface area contributed by atoms with E-state index in [0.29, 0.717) is 4.90 Å². The maximum atomic E-state index is 12.7. The molecule has 1 aliphatic carbocycles. The molecule has 4 rings (SSSR count). The largest absolute Gasteiger partial charge is 0.354 e. The van der Waals surface area contributed by atoms with E-state index in [1.165, 1.54) is 17.5 Å². The Labute approximate surface area is 174 Å². The Kier molecular flexibility index (Phi) is 6.18. The van der Waals surface area contributed by atoms with Crippen LogP contribution in [0.4, 0.5) is 5.82 Å². The van der Waals surface area contributed by atoms with Crippen LogP contribution in [-0.2, 0) is 29.4 Å². The summed E-state index contributed by atoms with van der Waals surface area (Å²) in [6.07, 6.45) is 6.12. The van der Waals surface area contributed by atoms with Crippen molar-refractivity contribution in [1.29, 1.82) is 0 Å². The zero-order valence-corrected chi connectivity index (χ0v) is 17.9. The fraction of sp³-hybridized carbons (Fsp3) is 0.500. The molecule has 1 aliphatic heterocycles. The van der Waals surface area contributed by atoms with Crippen molar-refractivity contribution in [2.75, 3.05) is 37.6 Å². The summed E-state index contributed by atoms with van der Waals surface area (Å²) < 4.78 is 28.2. The van der Waals surface area contributed by atoms with E-state index in [9.17, 15) is 8.42 Å². The average Bonchev–Trinajstić information content (AvgIpc) is 2.78. The number of likely N-dealkylation sites (N-methyl/N-ethyl adjacent to an activating group) is 1. The van der Waals surface area contributed by atoms with E-state index in [4.69, 9.17) is 0 Å². The number of anilines is 1. The van der Waals surface area contributed by atoms with Gasteiger partial charge in [-0.05, 0) is 67.1 Å². The van der Waals surface area contributed by atoms with E-state index in [-0.39, 0.29) is 6.54 Å². The van der Waals surface area contributed by atoms with E-state index in [2.05, 4.69) is 26.4 Å². The summed E-state index contributed by atoms with van der Waals surface area (Å²) in [5, 5.41) is 0. The molecule has 1 aromatic heterocycles. The number of aromatic nitrogens is 1. The molecule has 0 amide bonds. The Balaban J connectivity index is 1.37. The van der Waals surface area contributed by atoms with Crippen LogP contribution in [0, 0.1) is 0 Å². The normalized spacial score (nSPS) is 17.9. The molecule has 2 aromatic rings. The lowest BCUT2D eigenvalue weighted by Crippen LogP contribution is -2.46. The topological polar surface area (TPSA) is 65.5 Å². The monoisotopic (exact) mass is 414 g/mol. The van der Waals surface area contributed by atoms with E-state index in [1.807, 2.05) is 24.3 Å². The van der Waals surface area contributed by atoms with Gasteiger partial charge in [0.25, 0.3) is 0 Å². The van der Waals surface area contributed by atoms with Crippen LogP contribution in [0.5, 0.6) is 0 Å². The predicted molar refractivity (Wildman–Crippen MR) is 116 cm³/mol. The summed E-state index contributed by atoms with van der Waals surface area (Å²) in [7, 11) is -3.53. The van der Waals surface area contributed by atoms with Crippen molar-refractivity contribution in [2.24, 2.45) is 0 Å². The first-order valence-corrected chi connectivity index (χ1v) is 12.1. The Hall–Kier alpha value is -1.96. The predicted octanol–water partition coefficient (Wildman–Crippen LogP) is 2.58. The van der Waals surface area contributed by atoms with Gasteiger partial charge in [-0.1, -0.05) is 19.1 Å². The molecular weight excluding hydrogens is 384 g/mol. The molecule has 29 heavy (non-hydrogen) atoms. The van der Waals surface area contributed by atoms with Crippen LogP contribution in [0.25, 0.3) is 0 Å². The molecule has 7 heteroatoms. The maximum Gasteiger partial charge on any atom is 0.240 e. The van der Waals surface area contributed by atoms with Gasteiger partial charge in [0.05, 0.1) is 4.90 Å². The lowest BCUT2D eigenvalue weighted by Gasteiger charge is -2.34. The first kappa shape index (κ1) is 20.3. The van der Waals surface area contributed by atoms with Crippen LogP contribution in [0.2, 0.25) is 0 Å². The lowest BCUT2D eigenvalue weighted by atomic mass is 9.92. The van der Waals surface area contributed by atoms with Crippen LogP contribution in [0.15, 0.2) is 41.4 Å². The van der Waals surface area contributed by atoms with E-state index in [0.717, 1.165) is 63.4 Å². The number of benzene rings is 1. The maximum absolute atomic E-state index is 12.7. The molecule has 0 saturated carbocycles. The van der Waals surface area contributed by atoms with Crippen molar-refractivity contribution in [3.63, 3.8) is 0 Å². The highest BCUT2D eigenvalue weighted by Crippen LogP contribution is 2.24. The van der Waals surface area contributed by atoms with Crippen LogP contribution in [-0.4, -0.2) is 51.0 Å². The van der Waals surface area contributed by atoms with Gasteiger partial charge < -0.3 is 9.80 Å². The third-order valence-electron chi connectivity index (χ3n) is 6.05. The number of hydrogen-bond donors (Lipinski definition) is 1. The molecule has 0 bridgehead atoms. The first-order chi connectivity index (χ1) is 14.0. The smallest absolute Gasteiger partial charge is 0.240 e. The van der Waals surface area contributed by atoms with Gasteiger partial charge >= 0.3 is 0 Å². The Morgan fingerprint density at radius 3 is 2.45 bits per heavy atom. The van der Waals surface area contributed by atoms with Gasteiger partial charge in [0, 0.05) is 38.9 Å². The minimum atomic E-state index is -3.53. The minimum absolute atomic E-state index is 0.246. The van der Waals surface area contributed by atoms with Crippen molar-refractivity contribution >= 4 is 15.8 Å². The van der Waals surface area contributed by atoms with E-state index in [1.54, 1.807) is 12.3 Å². The van der Waals surface area contributed by atoms with Crippen LogP contribution < -0.4 is 9.62 Å². The highest BCUT2D eigenvalue weighted by molar-refractivity contribution is 7.89. The molecule has 1 N–H and O–H groups in total. The average molecular weight is 415 g/mol. The molecule has 0 unspecified atom stereocenters. The first-order valence-electron chi connectivity index (χ1n) is 10.6. The second-order valence-corrected chi connectivity index (χ2v) is 9.68. The highest BCUT2D eigenvalue weighted by atomic mass is 32.2. The number of pyridine rings is 1. The molecule has 0 radical (unpaired) electrons.